The topological polar surface area (TPSA) is 114 Å². The van der Waals surface area contributed by atoms with E-state index in [-0.39, 0.29) is 5.69 Å². The smallest absolute Gasteiger partial charge is 0.355 e. The molecular formula is C28H24BrN3O7. The monoisotopic (exact) mass is 593 g/mol. The van der Waals surface area contributed by atoms with E-state index in [4.69, 9.17) is 23.7 Å². The number of pyridine rings is 1. The summed E-state index contributed by atoms with van der Waals surface area (Å²) >= 11 is 3.55. The molecule has 0 amide bonds. The van der Waals surface area contributed by atoms with Gasteiger partial charge in [0.05, 0.1) is 62.8 Å². The summed E-state index contributed by atoms with van der Waals surface area (Å²) in [5.41, 5.74) is 1.68. The molecule has 200 valence electrons. The van der Waals surface area contributed by atoms with Crippen molar-refractivity contribution in [2.75, 3.05) is 35.5 Å². The van der Waals surface area contributed by atoms with Crippen LogP contribution in [0.25, 0.3) is 38.5 Å². The number of hydrogen-bond acceptors (Lipinski definition) is 8. The van der Waals surface area contributed by atoms with Crippen molar-refractivity contribution >= 4 is 43.6 Å². The molecule has 10 nitrogen and oxygen atoms in total. The van der Waals surface area contributed by atoms with E-state index in [1.54, 1.807) is 42.6 Å². The van der Waals surface area contributed by atoms with Gasteiger partial charge >= 0.3 is 5.97 Å². The van der Waals surface area contributed by atoms with Gasteiger partial charge in [-0.25, -0.2) is 4.79 Å². The predicted molar refractivity (Wildman–Crippen MR) is 150 cm³/mol. The summed E-state index contributed by atoms with van der Waals surface area (Å²) in [7, 11) is 7.30. The quantitative estimate of drug-likeness (QED) is 0.259. The van der Waals surface area contributed by atoms with E-state index in [1.165, 1.54) is 40.1 Å². The predicted octanol–water partition coefficient (Wildman–Crippen LogP) is 5.12. The van der Waals surface area contributed by atoms with Crippen LogP contribution in [0.15, 0.2) is 57.9 Å². The van der Waals surface area contributed by atoms with Gasteiger partial charge in [0.25, 0.3) is 5.56 Å². The molecule has 5 aromatic rings. The van der Waals surface area contributed by atoms with Gasteiger partial charge in [-0.1, -0.05) is 0 Å². The highest BCUT2D eigenvalue weighted by atomic mass is 79.9. The number of carbonyl (C=O) groups excluding carboxylic acids is 1. The van der Waals surface area contributed by atoms with Crippen molar-refractivity contribution in [3.63, 3.8) is 0 Å². The first-order valence-electron chi connectivity index (χ1n) is 11.6. The van der Waals surface area contributed by atoms with E-state index in [0.717, 1.165) is 5.39 Å². The zero-order valence-electron chi connectivity index (χ0n) is 21.7. The molecule has 2 heterocycles. The van der Waals surface area contributed by atoms with Crippen molar-refractivity contribution < 1.29 is 28.5 Å². The van der Waals surface area contributed by atoms with Gasteiger partial charge in [0.1, 0.15) is 5.69 Å². The SMILES string of the molecule is COC(=O)c1c(-c2cc(Br)c(OC)c(OC)c2)c2cc(OC)c(OC)cc2c(=O)n1-c1ccc2cn[nH]c2c1. The van der Waals surface area contributed by atoms with E-state index in [2.05, 4.69) is 26.1 Å². The summed E-state index contributed by atoms with van der Waals surface area (Å²) in [6.45, 7) is 0. The van der Waals surface area contributed by atoms with E-state index in [0.29, 0.717) is 60.6 Å². The largest absolute Gasteiger partial charge is 0.493 e. The highest BCUT2D eigenvalue weighted by molar-refractivity contribution is 9.10. The molecule has 1 N–H and O–H groups in total. The number of esters is 1. The van der Waals surface area contributed by atoms with E-state index < -0.39 is 11.5 Å². The highest BCUT2D eigenvalue weighted by Gasteiger charge is 2.28. The van der Waals surface area contributed by atoms with Gasteiger partial charge in [-0.2, -0.15) is 5.10 Å². The Morgan fingerprint density at radius 3 is 2.21 bits per heavy atom. The molecule has 3 aromatic carbocycles. The van der Waals surface area contributed by atoms with Gasteiger partial charge < -0.3 is 23.7 Å². The molecule has 39 heavy (non-hydrogen) atoms. The van der Waals surface area contributed by atoms with Crippen LogP contribution in [0.5, 0.6) is 23.0 Å². The molecule has 5 rings (SSSR count). The third-order valence-electron chi connectivity index (χ3n) is 6.47. The number of halogens is 1. The molecule has 0 saturated heterocycles. The van der Waals surface area contributed by atoms with E-state index >= 15 is 0 Å². The van der Waals surface area contributed by atoms with Gasteiger partial charge in [0.15, 0.2) is 23.0 Å². The molecule has 0 bridgehead atoms. The Hall–Kier alpha value is -4.51. The second-order valence-corrected chi connectivity index (χ2v) is 9.30. The standard InChI is InChI=1S/C28H24BrN3O7/c1-35-21-11-17-18(12-22(21)36-2)27(33)32(16-7-6-14-13-30-31-20(14)10-16)25(28(34)39-5)24(17)15-8-19(29)26(38-4)23(9-15)37-3/h6-13H,1-5H3,(H,30,31). The maximum atomic E-state index is 14.2. The first kappa shape index (κ1) is 26.1. The van der Waals surface area contributed by atoms with Crippen LogP contribution in [-0.4, -0.2) is 56.3 Å². The summed E-state index contributed by atoms with van der Waals surface area (Å²) in [4.78, 5) is 27.7. The zero-order valence-corrected chi connectivity index (χ0v) is 23.3. The van der Waals surface area contributed by atoms with Crippen molar-refractivity contribution in [1.29, 1.82) is 0 Å². The van der Waals surface area contributed by atoms with Crippen LogP contribution in [0.4, 0.5) is 0 Å². The van der Waals surface area contributed by atoms with Crippen LogP contribution in [-0.2, 0) is 4.74 Å². The first-order valence-corrected chi connectivity index (χ1v) is 12.4. The lowest BCUT2D eigenvalue weighted by Gasteiger charge is -2.21. The van der Waals surface area contributed by atoms with Crippen LogP contribution in [0.2, 0.25) is 0 Å². The van der Waals surface area contributed by atoms with E-state index in [9.17, 15) is 9.59 Å². The number of ether oxygens (including phenoxy) is 5. The minimum atomic E-state index is -0.714. The fourth-order valence-electron chi connectivity index (χ4n) is 4.68. The first-order chi connectivity index (χ1) is 18.9. The molecule has 0 aliphatic heterocycles. The highest BCUT2D eigenvalue weighted by Crippen LogP contribution is 2.44. The Kier molecular flexibility index (Phi) is 6.92. The van der Waals surface area contributed by atoms with Crippen molar-refractivity contribution in [2.24, 2.45) is 0 Å². The number of benzene rings is 3. The van der Waals surface area contributed by atoms with Gasteiger partial charge in [-0.3, -0.25) is 14.5 Å². The number of rotatable bonds is 7. The number of aromatic nitrogens is 3. The molecule has 2 aromatic heterocycles. The lowest BCUT2D eigenvalue weighted by molar-refractivity contribution is 0.0591. The summed E-state index contributed by atoms with van der Waals surface area (Å²) in [5, 5.41) is 8.58. The average Bonchev–Trinajstić information content (AvgIpc) is 3.43. The number of fused-ring (bicyclic) bond motifs is 2. The lowest BCUT2D eigenvalue weighted by atomic mass is 9.95. The maximum Gasteiger partial charge on any atom is 0.355 e. The molecule has 0 fully saturated rings. The van der Waals surface area contributed by atoms with Crippen molar-refractivity contribution in [2.45, 2.75) is 0 Å². The molecule has 0 atom stereocenters. The Morgan fingerprint density at radius 1 is 0.872 bits per heavy atom. The molecule has 0 aliphatic rings. The lowest BCUT2D eigenvalue weighted by Crippen LogP contribution is -2.27. The molecule has 0 unspecified atom stereocenters. The van der Waals surface area contributed by atoms with Crippen molar-refractivity contribution in [3.8, 4) is 39.8 Å². The van der Waals surface area contributed by atoms with E-state index in [1.807, 2.05) is 6.07 Å². The summed E-state index contributed by atoms with van der Waals surface area (Å²) in [6, 6.07) is 12.1. The zero-order chi connectivity index (χ0) is 27.8. The molecule has 11 heteroatoms. The Morgan fingerprint density at radius 2 is 1.56 bits per heavy atom. The minimum absolute atomic E-state index is 0.0141. The Balaban J connectivity index is 2.02. The molecular weight excluding hydrogens is 570 g/mol. The number of hydrogen-bond donors (Lipinski definition) is 1. The van der Waals surface area contributed by atoms with Gasteiger partial charge in [-0.05, 0) is 64.0 Å². The molecule has 0 saturated carbocycles. The summed E-state index contributed by atoms with van der Waals surface area (Å²) in [5.74, 6) is 0.931. The third kappa shape index (κ3) is 4.24. The maximum absolute atomic E-state index is 14.2. The molecule has 0 aliphatic carbocycles. The number of methoxy groups -OCH3 is 5. The van der Waals surface area contributed by atoms with Crippen molar-refractivity contribution in [1.82, 2.24) is 14.8 Å². The van der Waals surface area contributed by atoms with Crippen molar-refractivity contribution in [3.05, 3.63) is 69.2 Å². The van der Waals surface area contributed by atoms with Crippen LogP contribution in [0, 0.1) is 0 Å². The van der Waals surface area contributed by atoms with Crippen LogP contribution in [0.1, 0.15) is 10.5 Å². The average molecular weight is 594 g/mol. The molecule has 0 radical (unpaired) electrons. The Labute approximate surface area is 231 Å². The minimum Gasteiger partial charge on any atom is -0.493 e. The van der Waals surface area contributed by atoms with Crippen LogP contribution in [0.3, 0.4) is 0 Å². The normalized spacial score (nSPS) is 11.0. The number of nitrogens with one attached hydrogen (secondary N) is 1. The number of carbonyl (C=O) groups is 1. The number of nitrogens with zero attached hydrogens (tertiary/aromatic N) is 2. The fourth-order valence-corrected chi connectivity index (χ4v) is 5.28. The fraction of sp³-hybridized carbons (Fsp3) is 0.179. The Bertz CT molecular complexity index is 1810. The van der Waals surface area contributed by atoms with Gasteiger partial charge in [-0.15, -0.1) is 0 Å². The van der Waals surface area contributed by atoms with Gasteiger partial charge in [0, 0.05) is 16.3 Å². The number of H-pyrrole nitrogens is 1. The summed E-state index contributed by atoms with van der Waals surface area (Å²) < 4.78 is 29.3. The second-order valence-electron chi connectivity index (χ2n) is 8.44. The second kappa shape index (κ2) is 10.3. The van der Waals surface area contributed by atoms with Crippen LogP contribution < -0.4 is 24.5 Å². The summed E-state index contributed by atoms with van der Waals surface area (Å²) in [6.07, 6.45) is 1.67. The van der Waals surface area contributed by atoms with Gasteiger partial charge in [0.2, 0.25) is 0 Å². The van der Waals surface area contributed by atoms with Crippen LogP contribution >= 0.6 is 15.9 Å². The molecule has 0 spiro atoms. The number of aromatic amines is 1. The third-order valence-corrected chi connectivity index (χ3v) is 7.06.